The summed E-state index contributed by atoms with van der Waals surface area (Å²) in [6, 6.07) is 4.67. The number of carbonyl (C=O) groups excluding carboxylic acids is 2. The van der Waals surface area contributed by atoms with E-state index >= 15 is 0 Å². The van der Waals surface area contributed by atoms with E-state index in [4.69, 9.17) is 5.11 Å². The van der Waals surface area contributed by atoms with Crippen LogP contribution in [0.25, 0.3) is 0 Å². The molecule has 0 aliphatic carbocycles. The highest BCUT2D eigenvalue weighted by molar-refractivity contribution is 9.10. The lowest BCUT2D eigenvalue weighted by Crippen LogP contribution is -2.31. The van der Waals surface area contributed by atoms with Gasteiger partial charge in [0.1, 0.15) is 13.1 Å². The van der Waals surface area contributed by atoms with Crippen LogP contribution in [0.2, 0.25) is 0 Å². The molecule has 8 nitrogen and oxygen atoms in total. The number of hydrogen-bond acceptors (Lipinski definition) is 4. The zero-order valence-electron chi connectivity index (χ0n) is 11.8. The zero-order chi connectivity index (χ0) is 16.8. The third kappa shape index (κ3) is 4.92. The third-order valence-corrected chi connectivity index (χ3v) is 3.31. The molecule has 120 valence electrons. The van der Waals surface area contributed by atoms with Crippen molar-refractivity contribution in [1.82, 2.24) is 4.90 Å². The fraction of sp³-hybridized carbons (Fsp3) is 0.143. The standard InChI is InChI=1S/C14H13BrN4O4/c15-9-2-3-10(18-14(22)23)11(6-9)17-12(20)7-13(21)19-5-1-4-16-8-19/h1-6,18H,7-8H2,(H,17,20)(H,22,23). The molecular weight excluding hydrogens is 368 g/mol. The minimum absolute atomic E-state index is 0.172. The summed E-state index contributed by atoms with van der Waals surface area (Å²) in [6.07, 6.45) is 3.07. The van der Waals surface area contributed by atoms with Crippen LogP contribution in [0.5, 0.6) is 0 Å². The van der Waals surface area contributed by atoms with Crippen molar-refractivity contribution in [3.63, 3.8) is 0 Å². The van der Waals surface area contributed by atoms with Crippen molar-refractivity contribution >= 4 is 51.4 Å². The Morgan fingerprint density at radius 2 is 2.04 bits per heavy atom. The van der Waals surface area contributed by atoms with Crippen molar-refractivity contribution in [3.8, 4) is 0 Å². The quantitative estimate of drug-likeness (QED) is 0.695. The van der Waals surface area contributed by atoms with Crippen molar-refractivity contribution in [2.24, 2.45) is 4.99 Å². The number of halogens is 1. The average molecular weight is 381 g/mol. The van der Waals surface area contributed by atoms with Gasteiger partial charge in [-0.25, -0.2) is 4.79 Å². The van der Waals surface area contributed by atoms with Crippen LogP contribution in [-0.4, -0.2) is 40.8 Å². The molecule has 0 radical (unpaired) electrons. The van der Waals surface area contributed by atoms with Gasteiger partial charge in [0.2, 0.25) is 11.8 Å². The normalized spacial score (nSPS) is 12.8. The van der Waals surface area contributed by atoms with Crippen LogP contribution in [0.1, 0.15) is 6.42 Å². The highest BCUT2D eigenvalue weighted by Gasteiger charge is 2.17. The molecule has 3 N–H and O–H groups in total. The predicted octanol–water partition coefficient (Wildman–Crippen LogP) is 2.25. The molecule has 1 aliphatic rings. The Balaban J connectivity index is 2.03. The largest absolute Gasteiger partial charge is 0.465 e. The minimum atomic E-state index is -1.25. The van der Waals surface area contributed by atoms with Gasteiger partial charge >= 0.3 is 6.09 Å². The fourth-order valence-corrected chi connectivity index (χ4v) is 2.19. The molecule has 0 unspecified atom stereocenters. The van der Waals surface area contributed by atoms with E-state index in [0.717, 1.165) is 0 Å². The maximum atomic E-state index is 12.0. The number of nitrogens with zero attached hydrogens (tertiary/aromatic N) is 2. The van der Waals surface area contributed by atoms with E-state index in [1.807, 2.05) is 0 Å². The van der Waals surface area contributed by atoms with Crippen molar-refractivity contribution in [2.75, 3.05) is 17.3 Å². The van der Waals surface area contributed by atoms with Crippen molar-refractivity contribution < 1.29 is 19.5 Å². The molecule has 0 saturated heterocycles. The molecule has 3 amide bonds. The fourth-order valence-electron chi connectivity index (χ4n) is 1.82. The Bertz CT molecular complexity index is 702. The molecule has 0 saturated carbocycles. The lowest BCUT2D eigenvalue weighted by Gasteiger charge is -2.18. The number of aliphatic imine (C=N–C) groups is 1. The van der Waals surface area contributed by atoms with Crippen LogP contribution in [0.15, 0.2) is 39.9 Å². The number of hydrogen-bond donors (Lipinski definition) is 3. The number of nitrogens with one attached hydrogen (secondary N) is 2. The summed E-state index contributed by atoms with van der Waals surface area (Å²) in [5.74, 6) is -0.956. The summed E-state index contributed by atoms with van der Waals surface area (Å²) in [4.78, 5) is 39.9. The SMILES string of the molecule is O=C(O)Nc1ccc(Br)cc1NC(=O)CC(=O)N1C=CC=NC1. The summed E-state index contributed by atoms with van der Waals surface area (Å²) in [6.45, 7) is 0.172. The molecule has 23 heavy (non-hydrogen) atoms. The number of carbonyl (C=O) groups is 3. The summed E-state index contributed by atoms with van der Waals surface area (Å²) < 4.78 is 0.656. The van der Waals surface area contributed by atoms with Gasteiger partial charge in [-0.2, -0.15) is 0 Å². The second kappa shape index (κ2) is 7.54. The van der Waals surface area contributed by atoms with Crippen LogP contribution in [0.4, 0.5) is 16.2 Å². The summed E-state index contributed by atoms with van der Waals surface area (Å²) in [5, 5.41) is 13.5. The first-order valence-corrected chi connectivity index (χ1v) is 7.30. The third-order valence-electron chi connectivity index (χ3n) is 2.82. The van der Waals surface area contributed by atoms with Gasteiger partial charge in [-0.1, -0.05) is 15.9 Å². The van der Waals surface area contributed by atoms with Crippen LogP contribution >= 0.6 is 15.9 Å². The Hall–Kier alpha value is -2.68. The molecule has 0 aromatic heterocycles. The van der Waals surface area contributed by atoms with Crippen LogP contribution in [-0.2, 0) is 9.59 Å². The van der Waals surface area contributed by atoms with Gasteiger partial charge in [-0.15, -0.1) is 0 Å². The predicted molar refractivity (Wildman–Crippen MR) is 88.4 cm³/mol. The van der Waals surface area contributed by atoms with Crippen LogP contribution in [0.3, 0.4) is 0 Å². The second-order valence-electron chi connectivity index (χ2n) is 4.52. The van der Waals surface area contributed by atoms with E-state index in [1.165, 1.54) is 11.0 Å². The first kappa shape index (κ1) is 16.7. The van der Waals surface area contributed by atoms with Gasteiger partial charge in [0.15, 0.2) is 0 Å². The molecule has 1 aliphatic heterocycles. The summed E-state index contributed by atoms with van der Waals surface area (Å²) >= 11 is 3.24. The zero-order valence-corrected chi connectivity index (χ0v) is 13.4. The van der Waals surface area contributed by atoms with Gasteiger partial charge in [0.25, 0.3) is 0 Å². The second-order valence-corrected chi connectivity index (χ2v) is 5.44. The van der Waals surface area contributed by atoms with Gasteiger partial charge in [0.05, 0.1) is 11.4 Å². The van der Waals surface area contributed by atoms with E-state index in [1.54, 1.807) is 30.6 Å². The van der Waals surface area contributed by atoms with Gasteiger partial charge in [-0.3, -0.25) is 24.8 Å². The summed E-state index contributed by atoms with van der Waals surface area (Å²) in [7, 11) is 0. The molecule has 0 fully saturated rings. The average Bonchev–Trinajstić information content (AvgIpc) is 2.50. The van der Waals surface area contributed by atoms with Gasteiger partial charge in [0, 0.05) is 16.9 Å². The molecule has 2 rings (SSSR count). The highest BCUT2D eigenvalue weighted by atomic mass is 79.9. The topological polar surface area (TPSA) is 111 Å². The number of carboxylic acid groups (broad SMARTS) is 1. The number of allylic oxidation sites excluding steroid dienone is 1. The molecule has 0 atom stereocenters. The number of anilines is 2. The maximum absolute atomic E-state index is 12.0. The van der Waals surface area contributed by atoms with Crippen molar-refractivity contribution in [3.05, 3.63) is 34.9 Å². The van der Waals surface area contributed by atoms with Crippen molar-refractivity contribution in [1.29, 1.82) is 0 Å². The maximum Gasteiger partial charge on any atom is 0.409 e. The first-order valence-electron chi connectivity index (χ1n) is 6.51. The molecule has 1 heterocycles. The van der Waals surface area contributed by atoms with E-state index in [9.17, 15) is 14.4 Å². The molecule has 1 aromatic rings. The number of benzene rings is 1. The minimum Gasteiger partial charge on any atom is -0.465 e. The van der Waals surface area contributed by atoms with E-state index in [-0.39, 0.29) is 24.5 Å². The van der Waals surface area contributed by atoms with E-state index in [2.05, 4.69) is 31.6 Å². The number of rotatable bonds is 4. The monoisotopic (exact) mass is 380 g/mol. The van der Waals surface area contributed by atoms with E-state index < -0.39 is 17.9 Å². The molecular formula is C14H13BrN4O4. The van der Waals surface area contributed by atoms with Gasteiger partial charge in [-0.05, 0) is 24.3 Å². The molecule has 0 bridgehead atoms. The smallest absolute Gasteiger partial charge is 0.409 e. The Kier molecular flexibility index (Phi) is 5.47. The Morgan fingerprint density at radius 3 is 2.70 bits per heavy atom. The van der Waals surface area contributed by atoms with Crippen molar-refractivity contribution in [2.45, 2.75) is 6.42 Å². The number of amides is 3. The molecule has 0 spiro atoms. The van der Waals surface area contributed by atoms with Crippen LogP contribution < -0.4 is 10.6 Å². The lowest BCUT2D eigenvalue weighted by molar-refractivity contribution is -0.132. The molecule has 9 heteroatoms. The lowest BCUT2D eigenvalue weighted by atomic mass is 10.2. The highest BCUT2D eigenvalue weighted by Crippen LogP contribution is 2.26. The first-order chi connectivity index (χ1) is 11.0. The van der Waals surface area contributed by atoms with Crippen LogP contribution in [0, 0.1) is 0 Å². The summed E-state index contributed by atoms with van der Waals surface area (Å²) in [5.41, 5.74) is 0.468. The Morgan fingerprint density at radius 1 is 1.26 bits per heavy atom. The van der Waals surface area contributed by atoms with Gasteiger partial charge < -0.3 is 10.4 Å². The Labute approximate surface area is 140 Å². The van der Waals surface area contributed by atoms with E-state index in [0.29, 0.717) is 4.47 Å². The molecule has 1 aromatic carbocycles.